The summed E-state index contributed by atoms with van der Waals surface area (Å²) in [4.78, 5) is 36.8. The van der Waals surface area contributed by atoms with Crippen LogP contribution in [-0.2, 0) is 19.5 Å². The second-order valence-corrected chi connectivity index (χ2v) is 9.81. The highest BCUT2D eigenvalue weighted by Crippen LogP contribution is 2.27. The van der Waals surface area contributed by atoms with Crippen molar-refractivity contribution in [1.82, 2.24) is 0 Å². The molecule has 36 heavy (non-hydrogen) atoms. The molecule has 0 spiro atoms. The molecule has 0 aliphatic carbocycles. The van der Waals surface area contributed by atoms with E-state index in [1.165, 1.54) is 44.6 Å². The minimum Gasteiger partial charge on any atom is -0.465 e. The maximum atomic E-state index is 13.0. The van der Waals surface area contributed by atoms with Crippen molar-refractivity contribution in [2.75, 3.05) is 24.3 Å². The third kappa shape index (κ3) is 5.84. The SMILES string of the molecule is COC(=O)c1ccc(C(=O)OC)c(NC(=O)c2ccc(Cl)c(S(=O)(=O)Nc3ccc(C)c(C)c3)c2)c1. The largest absolute Gasteiger partial charge is 0.465 e. The van der Waals surface area contributed by atoms with Gasteiger partial charge in [0.15, 0.2) is 0 Å². The van der Waals surface area contributed by atoms with Crippen LogP contribution in [0.15, 0.2) is 59.5 Å². The number of aryl methyl sites for hydroxylation is 2. The highest BCUT2D eigenvalue weighted by Gasteiger charge is 2.22. The van der Waals surface area contributed by atoms with Crippen molar-refractivity contribution in [2.45, 2.75) is 18.7 Å². The number of anilines is 2. The third-order valence-electron chi connectivity index (χ3n) is 5.34. The predicted molar refractivity (Wildman–Crippen MR) is 135 cm³/mol. The van der Waals surface area contributed by atoms with Gasteiger partial charge in [0.05, 0.1) is 36.1 Å². The number of methoxy groups -OCH3 is 2. The summed E-state index contributed by atoms with van der Waals surface area (Å²) in [5.74, 6) is -2.18. The first-order valence-electron chi connectivity index (χ1n) is 10.5. The van der Waals surface area contributed by atoms with E-state index in [1.807, 2.05) is 13.8 Å². The summed E-state index contributed by atoms with van der Waals surface area (Å²) >= 11 is 6.16. The lowest BCUT2D eigenvalue weighted by Crippen LogP contribution is -2.18. The van der Waals surface area contributed by atoms with Gasteiger partial charge in [-0.2, -0.15) is 0 Å². The lowest BCUT2D eigenvalue weighted by atomic mass is 10.1. The van der Waals surface area contributed by atoms with Gasteiger partial charge >= 0.3 is 11.9 Å². The highest BCUT2D eigenvalue weighted by atomic mass is 35.5. The Hall–Kier alpha value is -3.89. The number of sulfonamides is 1. The molecule has 11 heteroatoms. The van der Waals surface area contributed by atoms with Gasteiger partial charge in [0.25, 0.3) is 15.9 Å². The van der Waals surface area contributed by atoms with Gasteiger partial charge in [-0.1, -0.05) is 17.7 Å². The molecule has 0 atom stereocenters. The lowest BCUT2D eigenvalue weighted by Gasteiger charge is -2.14. The van der Waals surface area contributed by atoms with E-state index < -0.39 is 27.9 Å². The van der Waals surface area contributed by atoms with Crippen LogP contribution in [0.2, 0.25) is 5.02 Å². The van der Waals surface area contributed by atoms with Crippen molar-refractivity contribution in [2.24, 2.45) is 0 Å². The number of halogens is 1. The maximum Gasteiger partial charge on any atom is 0.339 e. The van der Waals surface area contributed by atoms with Crippen LogP contribution in [0.25, 0.3) is 0 Å². The summed E-state index contributed by atoms with van der Waals surface area (Å²) in [5.41, 5.74) is 2.21. The molecule has 0 radical (unpaired) electrons. The number of amides is 1. The van der Waals surface area contributed by atoms with E-state index in [2.05, 4.69) is 14.8 Å². The fourth-order valence-corrected chi connectivity index (χ4v) is 4.82. The van der Waals surface area contributed by atoms with Gasteiger partial charge in [0.2, 0.25) is 0 Å². The third-order valence-corrected chi connectivity index (χ3v) is 7.20. The molecule has 9 nitrogen and oxygen atoms in total. The van der Waals surface area contributed by atoms with Gasteiger partial charge < -0.3 is 14.8 Å². The molecule has 0 aliphatic rings. The van der Waals surface area contributed by atoms with E-state index in [-0.39, 0.29) is 32.3 Å². The second kappa shape index (κ2) is 10.8. The van der Waals surface area contributed by atoms with E-state index in [0.717, 1.165) is 17.2 Å². The average molecular weight is 531 g/mol. The summed E-state index contributed by atoms with van der Waals surface area (Å²) < 4.78 is 38.0. The van der Waals surface area contributed by atoms with Crippen LogP contribution in [0, 0.1) is 13.8 Å². The van der Waals surface area contributed by atoms with Crippen LogP contribution in [0.4, 0.5) is 11.4 Å². The second-order valence-electron chi connectivity index (χ2n) is 7.75. The van der Waals surface area contributed by atoms with E-state index >= 15 is 0 Å². The number of hydrogen-bond donors (Lipinski definition) is 2. The zero-order valence-electron chi connectivity index (χ0n) is 19.8. The van der Waals surface area contributed by atoms with Gasteiger partial charge in [-0.25, -0.2) is 18.0 Å². The minimum absolute atomic E-state index is 0.0169. The molecule has 3 rings (SSSR count). The fraction of sp³-hybridized carbons (Fsp3) is 0.160. The molecule has 0 aliphatic heterocycles. The Morgan fingerprint density at radius 2 is 1.47 bits per heavy atom. The summed E-state index contributed by atoms with van der Waals surface area (Å²) in [6.07, 6.45) is 0. The zero-order valence-corrected chi connectivity index (χ0v) is 21.4. The van der Waals surface area contributed by atoms with Crippen molar-refractivity contribution >= 4 is 50.8 Å². The average Bonchev–Trinajstić information content (AvgIpc) is 2.85. The Bertz CT molecular complexity index is 1470. The van der Waals surface area contributed by atoms with Gasteiger partial charge in [0.1, 0.15) is 4.90 Å². The molecule has 2 N–H and O–H groups in total. The number of carbonyl (C=O) groups is 3. The first kappa shape index (κ1) is 26.7. The van der Waals surface area contributed by atoms with Gasteiger partial charge in [0, 0.05) is 11.3 Å². The molecule has 0 aromatic heterocycles. The molecule has 188 valence electrons. The van der Waals surface area contributed by atoms with Crippen molar-refractivity contribution < 1.29 is 32.3 Å². The van der Waals surface area contributed by atoms with Crippen molar-refractivity contribution in [1.29, 1.82) is 0 Å². The molecule has 0 unspecified atom stereocenters. The number of ether oxygens (including phenoxy) is 2. The van der Waals surface area contributed by atoms with Crippen LogP contribution in [-0.4, -0.2) is 40.5 Å². The summed E-state index contributed by atoms with van der Waals surface area (Å²) in [6, 6.07) is 12.7. The summed E-state index contributed by atoms with van der Waals surface area (Å²) in [6.45, 7) is 3.75. The Labute approximate surface area is 213 Å². The van der Waals surface area contributed by atoms with E-state index in [4.69, 9.17) is 16.3 Å². The molecule has 0 heterocycles. The molecule has 3 aromatic rings. The van der Waals surface area contributed by atoms with Crippen LogP contribution in [0.5, 0.6) is 0 Å². The van der Waals surface area contributed by atoms with E-state index in [0.29, 0.717) is 5.69 Å². The van der Waals surface area contributed by atoms with E-state index in [9.17, 15) is 22.8 Å². The monoisotopic (exact) mass is 530 g/mol. The lowest BCUT2D eigenvalue weighted by molar-refractivity contribution is 0.0587. The highest BCUT2D eigenvalue weighted by molar-refractivity contribution is 7.92. The van der Waals surface area contributed by atoms with E-state index in [1.54, 1.807) is 18.2 Å². The quantitative estimate of drug-likeness (QED) is 0.428. The molecular weight excluding hydrogens is 508 g/mol. The normalized spacial score (nSPS) is 10.9. The van der Waals surface area contributed by atoms with Gasteiger partial charge in [-0.3, -0.25) is 9.52 Å². The molecule has 3 aromatic carbocycles. The number of hydrogen-bond acceptors (Lipinski definition) is 7. The van der Waals surface area contributed by atoms with Crippen LogP contribution in [0.1, 0.15) is 42.2 Å². The molecule has 0 saturated heterocycles. The van der Waals surface area contributed by atoms with Crippen LogP contribution < -0.4 is 10.0 Å². The maximum absolute atomic E-state index is 13.0. The summed E-state index contributed by atoms with van der Waals surface area (Å²) in [5, 5.41) is 2.43. The predicted octanol–water partition coefficient (Wildman–Crippen LogP) is 4.58. The Morgan fingerprint density at radius 1 is 0.806 bits per heavy atom. The Morgan fingerprint density at radius 3 is 2.11 bits per heavy atom. The topological polar surface area (TPSA) is 128 Å². The van der Waals surface area contributed by atoms with Gasteiger partial charge in [-0.05, 0) is 73.5 Å². The van der Waals surface area contributed by atoms with Crippen molar-refractivity contribution in [3.05, 3.63) is 87.4 Å². The standard InChI is InChI=1S/C25H23ClN2O7S/c1-14-5-8-18(11-15(14)2)28-36(32,33)22-13-16(7-10-20(22)26)23(29)27-21-12-17(24(30)34-3)6-9-19(21)25(31)35-4/h5-13,28H,1-4H3,(H,27,29). The number of carbonyl (C=O) groups excluding carboxylic acids is 3. The fourth-order valence-electron chi connectivity index (χ4n) is 3.24. The van der Waals surface area contributed by atoms with Crippen LogP contribution in [0.3, 0.4) is 0 Å². The first-order valence-corrected chi connectivity index (χ1v) is 12.3. The molecule has 0 bridgehead atoms. The first-order chi connectivity index (χ1) is 17.0. The Kier molecular flexibility index (Phi) is 8.01. The van der Waals surface area contributed by atoms with Crippen molar-refractivity contribution in [3.8, 4) is 0 Å². The Balaban J connectivity index is 1.96. The number of benzene rings is 3. The zero-order chi connectivity index (χ0) is 26.6. The molecule has 1 amide bonds. The number of esters is 2. The smallest absolute Gasteiger partial charge is 0.339 e. The molecule has 0 saturated carbocycles. The van der Waals surface area contributed by atoms with Gasteiger partial charge in [-0.15, -0.1) is 0 Å². The molecular formula is C25H23ClN2O7S. The summed E-state index contributed by atoms with van der Waals surface area (Å²) in [7, 11) is -1.79. The molecule has 0 fully saturated rings. The number of rotatable bonds is 7. The minimum atomic E-state index is -4.15. The van der Waals surface area contributed by atoms with Crippen LogP contribution >= 0.6 is 11.6 Å². The number of nitrogens with one attached hydrogen (secondary N) is 2. The van der Waals surface area contributed by atoms with Crippen molar-refractivity contribution in [3.63, 3.8) is 0 Å².